The summed E-state index contributed by atoms with van der Waals surface area (Å²) in [6.07, 6.45) is 1.75. The first-order valence-corrected chi connectivity index (χ1v) is 6.06. The second kappa shape index (κ2) is 5.98. The predicted molar refractivity (Wildman–Crippen MR) is 76.0 cm³/mol. The van der Waals surface area contributed by atoms with Crippen molar-refractivity contribution in [2.75, 3.05) is 24.6 Å². The molecule has 4 nitrogen and oxygen atoms in total. The van der Waals surface area contributed by atoms with Crippen LogP contribution in [0.25, 0.3) is 10.9 Å². The molecule has 0 aliphatic carbocycles. The van der Waals surface area contributed by atoms with Gasteiger partial charge in [0.25, 0.3) is 0 Å². The topological polar surface area (TPSA) is 60.1 Å². The van der Waals surface area contributed by atoms with Gasteiger partial charge in [-0.3, -0.25) is 0 Å². The summed E-state index contributed by atoms with van der Waals surface area (Å²) in [5.74, 6) is 0.684. The summed E-state index contributed by atoms with van der Waals surface area (Å²) < 4.78 is 0. The molecule has 0 bridgehead atoms. The minimum absolute atomic E-state index is 0.0320. The first kappa shape index (κ1) is 13.1. The summed E-state index contributed by atoms with van der Waals surface area (Å²) in [6, 6.07) is 11.5. The van der Waals surface area contributed by atoms with E-state index in [0.29, 0.717) is 24.5 Å². The van der Waals surface area contributed by atoms with Gasteiger partial charge in [0.05, 0.1) is 23.8 Å². The van der Waals surface area contributed by atoms with Gasteiger partial charge in [0, 0.05) is 18.5 Å². The van der Waals surface area contributed by atoms with E-state index in [1.165, 1.54) is 0 Å². The molecule has 0 radical (unpaired) electrons. The van der Waals surface area contributed by atoms with Gasteiger partial charge >= 0.3 is 0 Å². The van der Waals surface area contributed by atoms with E-state index in [2.05, 4.69) is 17.6 Å². The van der Waals surface area contributed by atoms with E-state index >= 15 is 0 Å². The number of hydrogen-bond donors (Lipinski definition) is 1. The Bertz CT molecular complexity index is 631. The van der Waals surface area contributed by atoms with Crippen molar-refractivity contribution in [2.24, 2.45) is 0 Å². The average Bonchev–Trinajstić information content (AvgIpc) is 2.46. The van der Waals surface area contributed by atoms with Crippen molar-refractivity contribution in [3.63, 3.8) is 0 Å². The van der Waals surface area contributed by atoms with E-state index in [1.807, 2.05) is 29.2 Å². The maximum absolute atomic E-state index is 9.24. The molecule has 0 amide bonds. The van der Waals surface area contributed by atoms with Crippen molar-refractivity contribution in [1.29, 1.82) is 5.26 Å². The third-order valence-electron chi connectivity index (χ3n) is 2.87. The Labute approximate surface area is 112 Å². The second-order valence-electron chi connectivity index (χ2n) is 4.12. The van der Waals surface area contributed by atoms with Gasteiger partial charge in [-0.1, -0.05) is 24.3 Å². The number of aromatic nitrogens is 1. The van der Waals surface area contributed by atoms with Crippen LogP contribution in [0.5, 0.6) is 0 Å². The summed E-state index contributed by atoms with van der Waals surface area (Å²) in [5, 5.41) is 19.2. The van der Waals surface area contributed by atoms with Crippen LogP contribution < -0.4 is 4.90 Å². The third-order valence-corrected chi connectivity index (χ3v) is 2.87. The van der Waals surface area contributed by atoms with Gasteiger partial charge in [-0.05, 0) is 12.1 Å². The number of para-hydroxylation sites is 1. The van der Waals surface area contributed by atoms with E-state index < -0.39 is 0 Å². The molecule has 0 aliphatic rings. The van der Waals surface area contributed by atoms with Crippen molar-refractivity contribution < 1.29 is 5.11 Å². The predicted octanol–water partition coefficient (Wildman–Crippen LogP) is 2.09. The molecule has 0 saturated carbocycles. The lowest BCUT2D eigenvalue weighted by molar-refractivity contribution is 0.302. The van der Waals surface area contributed by atoms with E-state index in [4.69, 9.17) is 5.11 Å². The molecule has 4 heteroatoms. The number of nitriles is 1. The van der Waals surface area contributed by atoms with Crippen LogP contribution in [-0.2, 0) is 0 Å². The van der Waals surface area contributed by atoms with Crippen LogP contribution >= 0.6 is 0 Å². The average molecular weight is 253 g/mol. The first-order valence-electron chi connectivity index (χ1n) is 6.06. The van der Waals surface area contributed by atoms with Crippen LogP contribution in [0, 0.1) is 11.3 Å². The zero-order valence-corrected chi connectivity index (χ0v) is 10.6. The van der Waals surface area contributed by atoms with Crippen LogP contribution in [0.2, 0.25) is 0 Å². The van der Waals surface area contributed by atoms with Gasteiger partial charge < -0.3 is 10.0 Å². The number of fused-ring (bicyclic) bond motifs is 1. The highest BCUT2D eigenvalue weighted by atomic mass is 16.3. The molecular weight excluding hydrogens is 238 g/mol. The largest absolute Gasteiger partial charge is 0.395 e. The Morgan fingerprint density at radius 1 is 1.42 bits per heavy atom. The Morgan fingerprint density at radius 2 is 2.21 bits per heavy atom. The number of aliphatic hydroxyl groups is 1. The van der Waals surface area contributed by atoms with E-state index in [-0.39, 0.29) is 6.61 Å². The molecule has 0 fully saturated rings. The number of benzene rings is 1. The fourth-order valence-electron chi connectivity index (χ4n) is 1.99. The lowest BCUT2D eigenvalue weighted by atomic mass is 10.1. The summed E-state index contributed by atoms with van der Waals surface area (Å²) in [5.41, 5.74) is 1.37. The van der Waals surface area contributed by atoms with Gasteiger partial charge in [-0.2, -0.15) is 5.26 Å². The van der Waals surface area contributed by atoms with Crippen molar-refractivity contribution in [2.45, 2.75) is 0 Å². The molecule has 1 heterocycles. The van der Waals surface area contributed by atoms with Crippen LogP contribution in [0.4, 0.5) is 5.82 Å². The molecule has 2 rings (SSSR count). The number of pyridine rings is 1. The molecule has 1 aromatic carbocycles. The van der Waals surface area contributed by atoms with E-state index in [1.54, 1.807) is 12.1 Å². The van der Waals surface area contributed by atoms with Gasteiger partial charge in [0.2, 0.25) is 0 Å². The quantitative estimate of drug-likeness (QED) is 0.829. The van der Waals surface area contributed by atoms with Crippen molar-refractivity contribution in [3.05, 3.63) is 48.6 Å². The molecule has 0 atom stereocenters. The van der Waals surface area contributed by atoms with Gasteiger partial charge in [0.15, 0.2) is 0 Å². The highest BCUT2D eigenvalue weighted by Gasteiger charge is 2.10. The minimum Gasteiger partial charge on any atom is -0.395 e. The Hall–Kier alpha value is -2.38. The number of rotatable bonds is 5. The summed E-state index contributed by atoms with van der Waals surface area (Å²) in [6.45, 7) is 4.77. The van der Waals surface area contributed by atoms with E-state index in [0.717, 1.165) is 10.9 Å². The highest BCUT2D eigenvalue weighted by molar-refractivity contribution is 5.86. The van der Waals surface area contributed by atoms with Gasteiger partial charge in [-0.25, -0.2) is 4.98 Å². The first-order chi connectivity index (χ1) is 9.30. The smallest absolute Gasteiger partial charge is 0.130 e. The molecule has 0 unspecified atom stereocenters. The monoisotopic (exact) mass is 253 g/mol. The molecular formula is C15H15N3O. The molecule has 0 saturated heterocycles. The van der Waals surface area contributed by atoms with Crippen LogP contribution in [0.15, 0.2) is 43.0 Å². The molecule has 2 aromatic rings. The third kappa shape index (κ3) is 2.72. The fraction of sp³-hybridized carbons (Fsp3) is 0.200. The summed E-state index contributed by atoms with van der Waals surface area (Å²) in [7, 11) is 0. The molecule has 96 valence electrons. The second-order valence-corrected chi connectivity index (χ2v) is 4.12. The Balaban J connectivity index is 2.54. The maximum atomic E-state index is 9.24. The van der Waals surface area contributed by atoms with E-state index in [9.17, 15) is 5.26 Å². The number of anilines is 1. The fourth-order valence-corrected chi connectivity index (χ4v) is 1.99. The Morgan fingerprint density at radius 3 is 2.89 bits per heavy atom. The normalized spacial score (nSPS) is 10.1. The zero-order chi connectivity index (χ0) is 13.7. The number of aliphatic hydroxyl groups excluding tert-OH is 1. The van der Waals surface area contributed by atoms with Crippen molar-refractivity contribution in [3.8, 4) is 6.07 Å². The van der Waals surface area contributed by atoms with Gasteiger partial charge in [-0.15, -0.1) is 6.58 Å². The lowest BCUT2D eigenvalue weighted by Crippen LogP contribution is -2.27. The van der Waals surface area contributed by atoms with Crippen LogP contribution in [0.3, 0.4) is 0 Å². The summed E-state index contributed by atoms with van der Waals surface area (Å²) >= 11 is 0. The number of nitrogens with zero attached hydrogens (tertiary/aromatic N) is 3. The van der Waals surface area contributed by atoms with Crippen LogP contribution in [0.1, 0.15) is 5.56 Å². The maximum Gasteiger partial charge on any atom is 0.130 e. The lowest BCUT2D eigenvalue weighted by Gasteiger charge is -2.21. The standard InChI is InChI=1S/C15H15N3O/c1-2-7-18(8-9-19)15-10-12(11-16)13-5-3-4-6-14(13)17-15/h2-6,10,19H,1,7-9H2. The molecule has 19 heavy (non-hydrogen) atoms. The zero-order valence-electron chi connectivity index (χ0n) is 10.6. The Kier molecular flexibility index (Phi) is 4.11. The molecule has 1 aromatic heterocycles. The SMILES string of the molecule is C=CCN(CCO)c1cc(C#N)c2ccccc2n1. The molecule has 1 N–H and O–H groups in total. The number of hydrogen-bond acceptors (Lipinski definition) is 4. The van der Waals surface area contributed by atoms with Crippen molar-refractivity contribution in [1.82, 2.24) is 4.98 Å². The highest BCUT2D eigenvalue weighted by Crippen LogP contribution is 2.22. The molecule has 0 spiro atoms. The minimum atomic E-state index is 0.0320. The van der Waals surface area contributed by atoms with Crippen molar-refractivity contribution >= 4 is 16.7 Å². The van der Waals surface area contributed by atoms with Gasteiger partial charge in [0.1, 0.15) is 5.82 Å². The molecule has 0 aliphatic heterocycles. The van der Waals surface area contributed by atoms with Crippen LogP contribution in [-0.4, -0.2) is 29.8 Å². The summed E-state index contributed by atoms with van der Waals surface area (Å²) in [4.78, 5) is 6.43.